The molecule has 1 aliphatic rings. The number of hydrogen-bond donors (Lipinski definition) is 0. The fourth-order valence-electron chi connectivity index (χ4n) is 2.05. The fraction of sp³-hybridized carbons (Fsp3) is 0.308. The Labute approximate surface area is 94.7 Å². The van der Waals surface area contributed by atoms with Gasteiger partial charge in [-0.1, -0.05) is 29.8 Å². The quantitative estimate of drug-likeness (QED) is 0.728. The molecule has 0 saturated carbocycles. The Morgan fingerprint density at radius 3 is 2.88 bits per heavy atom. The van der Waals surface area contributed by atoms with E-state index in [0.717, 1.165) is 19.0 Å². The molecule has 0 atom stereocenters. The van der Waals surface area contributed by atoms with Gasteiger partial charge in [0, 0.05) is 6.54 Å². The molecular formula is C13H14N2O. The second kappa shape index (κ2) is 3.76. The molecule has 0 bridgehead atoms. The van der Waals surface area contributed by atoms with Crippen LogP contribution in [0.25, 0.3) is 11.3 Å². The molecule has 0 amide bonds. The Balaban J connectivity index is 2.06. The van der Waals surface area contributed by atoms with Crippen LogP contribution in [0.1, 0.15) is 11.4 Å². The van der Waals surface area contributed by atoms with Crippen molar-refractivity contribution in [3.05, 3.63) is 41.9 Å². The van der Waals surface area contributed by atoms with Crippen molar-refractivity contribution in [1.29, 1.82) is 0 Å². The van der Waals surface area contributed by atoms with Crippen LogP contribution < -0.4 is 0 Å². The molecule has 1 aromatic carbocycles. The number of aryl methyl sites for hydroxylation is 1. The van der Waals surface area contributed by atoms with E-state index in [9.17, 15) is 0 Å². The van der Waals surface area contributed by atoms with Crippen LogP contribution in [0, 0.1) is 6.92 Å². The Morgan fingerprint density at radius 1 is 1.25 bits per heavy atom. The Hall–Kier alpha value is -1.61. The largest absolute Gasteiger partial charge is 0.372 e. The van der Waals surface area contributed by atoms with Gasteiger partial charge in [-0.3, -0.25) is 0 Å². The van der Waals surface area contributed by atoms with Gasteiger partial charge in [0.1, 0.15) is 12.4 Å². The number of rotatable bonds is 1. The van der Waals surface area contributed by atoms with Crippen LogP contribution >= 0.6 is 0 Å². The summed E-state index contributed by atoms with van der Waals surface area (Å²) in [7, 11) is 0. The van der Waals surface area contributed by atoms with Crippen molar-refractivity contribution in [2.75, 3.05) is 6.61 Å². The van der Waals surface area contributed by atoms with Crippen molar-refractivity contribution in [3.8, 4) is 11.3 Å². The van der Waals surface area contributed by atoms with E-state index in [1.54, 1.807) is 0 Å². The summed E-state index contributed by atoms with van der Waals surface area (Å²) in [5, 5.41) is 0. The van der Waals surface area contributed by atoms with Gasteiger partial charge in [0.15, 0.2) is 0 Å². The Kier molecular flexibility index (Phi) is 2.26. The third kappa shape index (κ3) is 1.53. The zero-order valence-electron chi connectivity index (χ0n) is 9.31. The van der Waals surface area contributed by atoms with E-state index in [2.05, 4.69) is 40.7 Å². The molecule has 0 unspecified atom stereocenters. The lowest BCUT2D eigenvalue weighted by molar-refractivity contribution is 0.0821. The van der Waals surface area contributed by atoms with Crippen LogP contribution in [0.3, 0.4) is 0 Å². The highest BCUT2D eigenvalue weighted by Crippen LogP contribution is 2.23. The highest BCUT2D eigenvalue weighted by molar-refractivity contribution is 5.59. The van der Waals surface area contributed by atoms with Gasteiger partial charge in [-0.05, 0) is 12.5 Å². The molecule has 0 saturated heterocycles. The molecule has 2 heterocycles. The molecular weight excluding hydrogens is 200 g/mol. The second-order valence-corrected chi connectivity index (χ2v) is 4.13. The van der Waals surface area contributed by atoms with Crippen LogP contribution in [-0.2, 0) is 17.9 Å². The molecule has 0 aliphatic carbocycles. The van der Waals surface area contributed by atoms with Crippen molar-refractivity contribution in [2.24, 2.45) is 0 Å². The molecule has 2 aromatic rings. The van der Waals surface area contributed by atoms with Crippen LogP contribution in [0.5, 0.6) is 0 Å². The second-order valence-electron chi connectivity index (χ2n) is 4.13. The van der Waals surface area contributed by atoms with Crippen molar-refractivity contribution >= 4 is 0 Å². The van der Waals surface area contributed by atoms with Gasteiger partial charge in [0.2, 0.25) is 0 Å². The standard InChI is InChI=1S/C13H14N2O/c1-10-2-4-11(5-3-10)12-8-14-13-9-16-7-6-15(12)13/h2-5,8H,6-7,9H2,1H3. The summed E-state index contributed by atoms with van der Waals surface area (Å²) >= 11 is 0. The van der Waals surface area contributed by atoms with E-state index >= 15 is 0 Å². The maximum Gasteiger partial charge on any atom is 0.135 e. The van der Waals surface area contributed by atoms with E-state index in [-0.39, 0.29) is 0 Å². The van der Waals surface area contributed by atoms with Crippen LogP contribution in [0.2, 0.25) is 0 Å². The van der Waals surface area contributed by atoms with Crippen molar-refractivity contribution in [1.82, 2.24) is 9.55 Å². The van der Waals surface area contributed by atoms with E-state index < -0.39 is 0 Å². The molecule has 0 fully saturated rings. The molecule has 3 rings (SSSR count). The zero-order chi connectivity index (χ0) is 11.0. The van der Waals surface area contributed by atoms with Crippen molar-refractivity contribution < 1.29 is 4.74 Å². The molecule has 0 N–H and O–H groups in total. The number of imidazole rings is 1. The van der Waals surface area contributed by atoms with Crippen LogP contribution in [0.4, 0.5) is 0 Å². The van der Waals surface area contributed by atoms with Gasteiger partial charge in [0.25, 0.3) is 0 Å². The topological polar surface area (TPSA) is 27.1 Å². The van der Waals surface area contributed by atoms with Crippen LogP contribution in [0.15, 0.2) is 30.5 Å². The van der Waals surface area contributed by atoms with Gasteiger partial charge in [-0.2, -0.15) is 0 Å². The molecule has 1 aliphatic heterocycles. The first-order valence-electron chi connectivity index (χ1n) is 5.54. The first kappa shape index (κ1) is 9.60. The average molecular weight is 214 g/mol. The predicted octanol–water partition coefficient (Wildman–Crippen LogP) is 2.39. The van der Waals surface area contributed by atoms with Gasteiger partial charge in [-0.25, -0.2) is 4.98 Å². The number of fused-ring (bicyclic) bond motifs is 1. The first-order valence-corrected chi connectivity index (χ1v) is 5.54. The summed E-state index contributed by atoms with van der Waals surface area (Å²) in [6.45, 7) is 4.41. The zero-order valence-corrected chi connectivity index (χ0v) is 9.31. The lowest BCUT2D eigenvalue weighted by atomic mass is 10.1. The molecule has 16 heavy (non-hydrogen) atoms. The van der Waals surface area contributed by atoms with Gasteiger partial charge >= 0.3 is 0 Å². The lowest BCUT2D eigenvalue weighted by Gasteiger charge is -2.17. The number of benzene rings is 1. The highest BCUT2D eigenvalue weighted by atomic mass is 16.5. The summed E-state index contributed by atoms with van der Waals surface area (Å²) in [6, 6.07) is 8.56. The SMILES string of the molecule is Cc1ccc(-c2cnc3n2CCOC3)cc1. The molecule has 82 valence electrons. The normalized spacial score (nSPS) is 14.8. The smallest absolute Gasteiger partial charge is 0.135 e. The molecule has 3 nitrogen and oxygen atoms in total. The highest BCUT2D eigenvalue weighted by Gasteiger charge is 2.14. The molecule has 3 heteroatoms. The van der Waals surface area contributed by atoms with Gasteiger partial charge in [-0.15, -0.1) is 0 Å². The minimum absolute atomic E-state index is 0.631. The van der Waals surface area contributed by atoms with Crippen molar-refractivity contribution in [2.45, 2.75) is 20.1 Å². The number of nitrogens with zero attached hydrogens (tertiary/aromatic N) is 2. The van der Waals surface area contributed by atoms with E-state index in [4.69, 9.17) is 4.74 Å². The van der Waals surface area contributed by atoms with Gasteiger partial charge < -0.3 is 9.30 Å². The lowest BCUT2D eigenvalue weighted by Crippen LogP contribution is -2.17. The number of ether oxygens (including phenoxy) is 1. The fourth-order valence-corrected chi connectivity index (χ4v) is 2.05. The Bertz CT molecular complexity index is 499. The van der Waals surface area contributed by atoms with Crippen LogP contribution in [-0.4, -0.2) is 16.2 Å². The predicted molar refractivity (Wildman–Crippen MR) is 62.1 cm³/mol. The van der Waals surface area contributed by atoms with E-state index in [1.807, 2.05) is 6.20 Å². The molecule has 0 radical (unpaired) electrons. The van der Waals surface area contributed by atoms with E-state index in [0.29, 0.717) is 6.61 Å². The van der Waals surface area contributed by atoms with E-state index in [1.165, 1.54) is 16.8 Å². The summed E-state index contributed by atoms with van der Waals surface area (Å²) in [5.74, 6) is 1.03. The maximum absolute atomic E-state index is 5.38. The summed E-state index contributed by atoms with van der Waals surface area (Å²) in [6.07, 6.45) is 1.94. The molecule has 1 aromatic heterocycles. The third-order valence-corrected chi connectivity index (χ3v) is 2.98. The minimum Gasteiger partial charge on any atom is -0.372 e. The monoisotopic (exact) mass is 214 g/mol. The summed E-state index contributed by atoms with van der Waals surface area (Å²) < 4.78 is 7.63. The first-order chi connectivity index (χ1) is 7.84. The summed E-state index contributed by atoms with van der Waals surface area (Å²) in [5.41, 5.74) is 3.70. The third-order valence-electron chi connectivity index (χ3n) is 2.98. The maximum atomic E-state index is 5.38. The number of aromatic nitrogens is 2. The summed E-state index contributed by atoms with van der Waals surface area (Å²) in [4.78, 5) is 4.39. The van der Waals surface area contributed by atoms with Crippen molar-refractivity contribution in [3.63, 3.8) is 0 Å². The Morgan fingerprint density at radius 2 is 2.06 bits per heavy atom. The minimum atomic E-state index is 0.631. The average Bonchev–Trinajstić information content (AvgIpc) is 2.74. The molecule has 0 spiro atoms. The van der Waals surface area contributed by atoms with Gasteiger partial charge in [0.05, 0.1) is 18.5 Å². The number of hydrogen-bond acceptors (Lipinski definition) is 2.